The smallest absolute Gasteiger partial charge is 0.253 e. The summed E-state index contributed by atoms with van der Waals surface area (Å²) in [5.74, 6) is 1.41. The maximum atomic E-state index is 12.8. The number of benzene rings is 1. The molecule has 0 bridgehead atoms. The zero-order chi connectivity index (χ0) is 16.8. The monoisotopic (exact) mass is 332 g/mol. The van der Waals surface area contributed by atoms with Crippen molar-refractivity contribution in [2.45, 2.75) is 31.8 Å². The van der Waals surface area contributed by atoms with Gasteiger partial charge in [0.15, 0.2) is 0 Å². The molecule has 3 rings (SSSR count). The Morgan fingerprint density at radius 3 is 3.08 bits per heavy atom. The van der Waals surface area contributed by atoms with Crippen LogP contribution < -0.4 is 10.1 Å². The molecule has 5 nitrogen and oxygen atoms in total. The van der Waals surface area contributed by atoms with Gasteiger partial charge in [-0.2, -0.15) is 0 Å². The van der Waals surface area contributed by atoms with E-state index in [0.29, 0.717) is 18.1 Å². The second-order valence-electron chi connectivity index (χ2n) is 6.79. The molecule has 1 aromatic carbocycles. The molecule has 24 heavy (non-hydrogen) atoms. The first-order valence-corrected chi connectivity index (χ1v) is 9.04. The average Bonchev–Trinajstić information content (AvgIpc) is 3.14. The Kier molecular flexibility index (Phi) is 6.10. The van der Waals surface area contributed by atoms with E-state index in [1.807, 2.05) is 36.2 Å². The van der Waals surface area contributed by atoms with Gasteiger partial charge in [0.05, 0.1) is 6.10 Å². The van der Waals surface area contributed by atoms with E-state index in [-0.39, 0.29) is 12.0 Å². The molecule has 0 saturated carbocycles. The van der Waals surface area contributed by atoms with E-state index in [1.54, 1.807) is 0 Å². The van der Waals surface area contributed by atoms with Crippen molar-refractivity contribution in [3.63, 3.8) is 0 Å². The molecule has 132 valence electrons. The number of carbonyl (C=O) groups is 1. The topological polar surface area (TPSA) is 50.8 Å². The molecule has 2 fully saturated rings. The van der Waals surface area contributed by atoms with E-state index in [2.05, 4.69) is 5.32 Å². The standard InChI is InChI=1S/C19H28N2O3/c1-20-12-15-5-3-9-21(13-15)19(22)16-6-2-7-17(11-16)24-14-18-8-4-10-23-18/h2,6-7,11,15,18,20H,3-5,8-10,12-14H2,1H3. The van der Waals surface area contributed by atoms with Crippen LogP contribution >= 0.6 is 0 Å². The van der Waals surface area contributed by atoms with Crippen LogP contribution in [0.2, 0.25) is 0 Å². The Bertz CT molecular complexity index is 541. The van der Waals surface area contributed by atoms with Gasteiger partial charge in [0.25, 0.3) is 5.91 Å². The average molecular weight is 332 g/mol. The lowest BCUT2D eigenvalue weighted by Gasteiger charge is -2.32. The first-order valence-electron chi connectivity index (χ1n) is 9.04. The first-order chi connectivity index (χ1) is 11.8. The van der Waals surface area contributed by atoms with Gasteiger partial charge in [-0.15, -0.1) is 0 Å². The number of nitrogens with zero attached hydrogens (tertiary/aromatic N) is 1. The number of carbonyl (C=O) groups excluding carboxylic acids is 1. The van der Waals surface area contributed by atoms with Crippen LogP contribution in [0.3, 0.4) is 0 Å². The SMILES string of the molecule is CNCC1CCCN(C(=O)c2cccc(OCC3CCCO3)c2)C1. The molecule has 2 saturated heterocycles. The summed E-state index contributed by atoms with van der Waals surface area (Å²) in [6, 6.07) is 7.54. The summed E-state index contributed by atoms with van der Waals surface area (Å²) in [6.07, 6.45) is 4.62. The summed E-state index contributed by atoms with van der Waals surface area (Å²) in [5.41, 5.74) is 0.713. The van der Waals surface area contributed by atoms with Crippen LogP contribution in [0.4, 0.5) is 0 Å². The van der Waals surface area contributed by atoms with Crippen molar-refractivity contribution in [2.24, 2.45) is 5.92 Å². The molecule has 1 amide bonds. The molecule has 2 atom stereocenters. The molecule has 5 heteroatoms. The van der Waals surface area contributed by atoms with E-state index in [0.717, 1.165) is 51.3 Å². The fourth-order valence-corrected chi connectivity index (χ4v) is 3.57. The van der Waals surface area contributed by atoms with Gasteiger partial charge in [-0.25, -0.2) is 0 Å². The second-order valence-corrected chi connectivity index (χ2v) is 6.79. The number of hydrogen-bond acceptors (Lipinski definition) is 4. The molecule has 0 aliphatic carbocycles. The summed E-state index contributed by atoms with van der Waals surface area (Å²) in [4.78, 5) is 14.8. The van der Waals surface area contributed by atoms with Crippen LogP contribution in [0.25, 0.3) is 0 Å². The van der Waals surface area contributed by atoms with Crippen LogP contribution in [0.15, 0.2) is 24.3 Å². The number of hydrogen-bond donors (Lipinski definition) is 1. The van der Waals surface area contributed by atoms with Gasteiger partial charge in [0.1, 0.15) is 12.4 Å². The van der Waals surface area contributed by atoms with Gasteiger partial charge in [-0.1, -0.05) is 6.07 Å². The zero-order valence-corrected chi connectivity index (χ0v) is 14.5. The number of rotatable bonds is 6. The molecular weight excluding hydrogens is 304 g/mol. The normalized spacial score (nSPS) is 24.1. The predicted molar refractivity (Wildman–Crippen MR) is 93.5 cm³/mol. The molecule has 2 heterocycles. The van der Waals surface area contributed by atoms with Gasteiger partial charge in [0, 0.05) is 25.3 Å². The molecule has 2 aliphatic rings. The van der Waals surface area contributed by atoms with Crippen molar-refractivity contribution in [3.05, 3.63) is 29.8 Å². The number of ether oxygens (including phenoxy) is 2. The highest BCUT2D eigenvalue weighted by atomic mass is 16.5. The van der Waals surface area contributed by atoms with E-state index < -0.39 is 0 Å². The van der Waals surface area contributed by atoms with Crippen LogP contribution in [-0.2, 0) is 4.74 Å². The highest BCUT2D eigenvalue weighted by molar-refractivity contribution is 5.94. The third-order valence-electron chi connectivity index (χ3n) is 4.84. The summed E-state index contributed by atoms with van der Waals surface area (Å²) in [6.45, 7) is 4.04. The van der Waals surface area contributed by atoms with E-state index in [9.17, 15) is 4.79 Å². The van der Waals surface area contributed by atoms with Gasteiger partial charge in [0.2, 0.25) is 0 Å². The molecule has 1 aromatic rings. The quantitative estimate of drug-likeness (QED) is 0.868. The van der Waals surface area contributed by atoms with Crippen LogP contribution in [0.1, 0.15) is 36.0 Å². The summed E-state index contributed by atoms with van der Waals surface area (Å²) < 4.78 is 11.4. The van der Waals surface area contributed by atoms with Gasteiger partial charge in [-0.3, -0.25) is 4.79 Å². The highest BCUT2D eigenvalue weighted by Crippen LogP contribution is 2.21. The minimum Gasteiger partial charge on any atom is -0.491 e. The largest absolute Gasteiger partial charge is 0.491 e. The van der Waals surface area contributed by atoms with Gasteiger partial charge >= 0.3 is 0 Å². The third kappa shape index (κ3) is 4.48. The van der Waals surface area contributed by atoms with Crippen molar-refractivity contribution in [1.29, 1.82) is 0 Å². The summed E-state index contributed by atoms with van der Waals surface area (Å²) in [7, 11) is 1.97. The van der Waals surface area contributed by atoms with E-state index >= 15 is 0 Å². The molecule has 2 unspecified atom stereocenters. The van der Waals surface area contributed by atoms with Crippen molar-refractivity contribution >= 4 is 5.91 Å². The fourth-order valence-electron chi connectivity index (χ4n) is 3.57. The third-order valence-corrected chi connectivity index (χ3v) is 4.84. The number of likely N-dealkylation sites (tertiary alicyclic amines) is 1. The summed E-state index contributed by atoms with van der Waals surface area (Å²) in [5, 5.41) is 3.22. The highest BCUT2D eigenvalue weighted by Gasteiger charge is 2.24. The maximum absolute atomic E-state index is 12.8. The Labute approximate surface area is 144 Å². The Morgan fingerprint density at radius 2 is 2.29 bits per heavy atom. The lowest BCUT2D eigenvalue weighted by molar-refractivity contribution is 0.0663. The lowest BCUT2D eigenvalue weighted by Crippen LogP contribution is -2.42. The fraction of sp³-hybridized carbons (Fsp3) is 0.632. The molecule has 1 N–H and O–H groups in total. The molecule has 2 aliphatic heterocycles. The van der Waals surface area contributed by atoms with Gasteiger partial charge in [-0.05, 0) is 63.4 Å². The molecule has 0 aromatic heterocycles. The number of amides is 1. The van der Waals surface area contributed by atoms with Gasteiger partial charge < -0.3 is 19.7 Å². The maximum Gasteiger partial charge on any atom is 0.253 e. The number of nitrogens with one attached hydrogen (secondary N) is 1. The molecular formula is C19H28N2O3. The minimum atomic E-state index is 0.110. The van der Waals surface area contributed by atoms with Crippen LogP contribution in [0, 0.1) is 5.92 Å². The minimum absolute atomic E-state index is 0.110. The molecule has 0 radical (unpaired) electrons. The first kappa shape index (κ1) is 17.2. The van der Waals surface area contributed by atoms with E-state index in [4.69, 9.17) is 9.47 Å². The predicted octanol–water partition coefficient (Wildman–Crippen LogP) is 2.32. The van der Waals surface area contributed by atoms with Crippen molar-refractivity contribution in [3.8, 4) is 5.75 Å². The lowest BCUT2D eigenvalue weighted by atomic mass is 9.97. The Balaban J connectivity index is 1.58. The van der Waals surface area contributed by atoms with Crippen molar-refractivity contribution in [2.75, 3.05) is 39.9 Å². The second kappa shape index (κ2) is 8.49. The Morgan fingerprint density at radius 1 is 1.38 bits per heavy atom. The zero-order valence-electron chi connectivity index (χ0n) is 14.5. The van der Waals surface area contributed by atoms with E-state index in [1.165, 1.54) is 6.42 Å². The van der Waals surface area contributed by atoms with Crippen LogP contribution in [0.5, 0.6) is 5.75 Å². The molecule has 0 spiro atoms. The number of piperidine rings is 1. The Hall–Kier alpha value is -1.59. The summed E-state index contributed by atoms with van der Waals surface area (Å²) >= 11 is 0. The van der Waals surface area contributed by atoms with Crippen LogP contribution in [-0.4, -0.2) is 56.8 Å². The van der Waals surface area contributed by atoms with Crippen molar-refractivity contribution in [1.82, 2.24) is 10.2 Å². The van der Waals surface area contributed by atoms with Crippen molar-refractivity contribution < 1.29 is 14.3 Å².